The van der Waals surface area contributed by atoms with Crippen molar-refractivity contribution in [2.24, 2.45) is 0 Å². The fourth-order valence-corrected chi connectivity index (χ4v) is 1.34. The van der Waals surface area contributed by atoms with Gasteiger partial charge in [0.05, 0.1) is 27.3 Å². The molecule has 2 N–H and O–H groups in total. The van der Waals surface area contributed by atoms with Crippen LogP contribution in [0.5, 0.6) is 0 Å². The zero-order valence-electron chi connectivity index (χ0n) is 6.46. The van der Waals surface area contributed by atoms with E-state index < -0.39 is 0 Å². The maximum atomic E-state index is 5.80. The SMILES string of the molecule is Nc1cnc2cc(Cl)c(Cl)cc2n1. The second-order valence-corrected chi connectivity index (χ2v) is 3.36. The van der Waals surface area contributed by atoms with Crippen LogP contribution in [0.2, 0.25) is 10.0 Å². The first-order valence-electron chi connectivity index (χ1n) is 3.54. The molecule has 0 amide bonds. The molecular formula is C8H5Cl2N3. The number of hydrogen-bond donors (Lipinski definition) is 1. The van der Waals surface area contributed by atoms with Gasteiger partial charge in [-0.15, -0.1) is 0 Å². The first-order chi connectivity index (χ1) is 6.16. The molecule has 66 valence electrons. The van der Waals surface area contributed by atoms with E-state index in [2.05, 4.69) is 9.97 Å². The van der Waals surface area contributed by atoms with Crippen LogP contribution in [0.15, 0.2) is 18.3 Å². The Hall–Kier alpha value is -1.06. The molecule has 0 fully saturated rings. The van der Waals surface area contributed by atoms with E-state index in [4.69, 9.17) is 28.9 Å². The van der Waals surface area contributed by atoms with Crippen LogP contribution in [0.4, 0.5) is 5.82 Å². The lowest BCUT2D eigenvalue weighted by Crippen LogP contribution is -1.92. The highest BCUT2D eigenvalue weighted by Crippen LogP contribution is 2.25. The van der Waals surface area contributed by atoms with Gasteiger partial charge in [-0.05, 0) is 12.1 Å². The second-order valence-electron chi connectivity index (χ2n) is 2.55. The Balaban J connectivity index is 2.81. The Labute approximate surface area is 84.5 Å². The molecule has 0 aliphatic carbocycles. The van der Waals surface area contributed by atoms with Crippen LogP contribution in [0.3, 0.4) is 0 Å². The van der Waals surface area contributed by atoms with Crippen molar-refractivity contribution in [3.63, 3.8) is 0 Å². The van der Waals surface area contributed by atoms with E-state index in [9.17, 15) is 0 Å². The molecule has 0 atom stereocenters. The number of benzene rings is 1. The van der Waals surface area contributed by atoms with Crippen LogP contribution in [0, 0.1) is 0 Å². The molecule has 2 aromatic rings. The van der Waals surface area contributed by atoms with Crippen molar-refractivity contribution >= 4 is 40.1 Å². The van der Waals surface area contributed by atoms with Gasteiger partial charge >= 0.3 is 0 Å². The van der Waals surface area contributed by atoms with Gasteiger partial charge in [-0.1, -0.05) is 23.2 Å². The van der Waals surface area contributed by atoms with Gasteiger partial charge in [-0.2, -0.15) is 0 Å². The molecule has 0 aliphatic heterocycles. The van der Waals surface area contributed by atoms with Crippen LogP contribution >= 0.6 is 23.2 Å². The summed E-state index contributed by atoms with van der Waals surface area (Å²) in [7, 11) is 0. The van der Waals surface area contributed by atoms with Crippen LogP contribution in [-0.2, 0) is 0 Å². The Kier molecular flexibility index (Phi) is 1.98. The summed E-state index contributed by atoms with van der Waals surface area (Å²) in [6, 6.07) is 3.30. The average molecular weight is 214 g/mol. The number of aromatic nitrogens is 2. The Morgan fingerprint density at radius 2 is 1.69 bits per heavy atom. The largest absolute Gasteiger partial charge is 0.382 e. The molecule has 0 saturated carbocycles. The highest BCUT2D eigenvalue weighted by molar-refractivity contribution is 6.42. The molecule has 5 heteroatoms. The summed E-state index contributed by atoms with van der Waals surface area (Å²) in [5.74, 6) is 0.367. The van der Waals surface area contributed by atoms with Crippen molar-refractivity contribution in [1.82, 2.24) is 9.97 Å². The monoisotopic (exact) mass is 213 g/mol. The highest BCUT2D eigenvalue weighted by atomic mass is 35.5. The summed E-state index contributed by atoms with van der Waals surface area (Å²) in [6.45, 7) is 0. The van der Waals surface area contributed by atoms with Gasteiger partial charge < -0.3 is 5.73 Å². The first kappa shape index (κ1) is 8.53. The Morgan fingerprint density at radius 3 is 2.38 bits per heavy atom. The van der Waals surface area contributed by atoms with Crippen molar-refractivity contribution in [3.8, 4) is 0 Å². The molecule has 2 rings (SSSR count). The maximum absolute atomic E-state index is 5.80. The molecule has 1 aromatic carbocycles. The maximum Gasteiger partial charge on any atom is 0.142 e. The lowest BCUT2D eigenvalue weighted by atomic mass is 10.3. The van der Waals surface area contributed by atoms with Crippen molar-refractivity contribution in [3.05, 3.63) is 28.4 Å². The summed E-state index contributed by atoms with van der Waals surface area (Å²) < 4.78 is 0. The zero-order chi connectivity index (χ0) is 9.42. The van der Waals surface area contributed by atoms with E-state index in [0.717, 1.165) is 0 Å². The highest BCUT2D eigenvalue weighted by Gasteiger charge is 2.02. The molecule has 0 unspecified atom stereocenters. The van der Waals surface area contributed by atoms with Gasteiger partial charge in [-0.3, -0.25) is 4.98 Å². The molecule has 0 aliphatic rings. The van der Waals surface area contributed by atoms with Crippen molar-refractivity contribution in [1.29, 1.82) is 0 Å². The normalized spacial score (nSPS) is 10.6. The molecule has 13 heavy (non-hydrogen) atoms. The Bertz CT molecular complexity index is 470. The molecule has 0 spiro atoms. The predicted octanol–water partition coefficient (Wildman–Crippen LogP) is 2.52. The molecule has 0 saturated heterocycles. The number of nitrogen functional groups attached to an aromatic ring is 1. The summed E-state index contributed by atoms with van der Waals surface area (Å²) in [5.41, 5.74) is 6.79. The first-order valence-corrected chi connectivity index (χ1v) is 4.29. The van der Waals surface area contributed by atoms with Gasteiger partial charge in [-0.25, -0.2) is 4.98 Å². The third kappa shape index (κ3) is 1.53. The summed E-state index contributed by atoms with van der Waals surface area (Å²) in [4.78, 5) is 8.10. The molecule has 1 heterocycles. The number of halogens is 2. The topological polar surface area (TPSA) is 51.8 Å². The molecular weight excluding hydrogens is 209 g/mol. The van der Waals surface area contributed by atoms with Crippen molar-refractivity contribution in [2.75, 3.05) is 5.73 Å². The third-order valence-electron chi connectivity index (χ3n) is 1.60. The molecule has 0 bridgehead atoms. The summed E-state index contributed by atoms with van der Waals surface area (Å²) in [5, 5.41) is 0.919. The number of fused-ring (bicyclic) bond motifs is 1. The number of anilines is 1. The van der Waals surface area contributed by atoms with E-state index in [1.807, 2.05) is 0 Å². The number of hydrogen-bond acceptors (Lipinski definition) is 3. The number of nitrogens with two attached hydrogens (primary N) is 1. The lowest BCUT2D eigenvalue weighted by molar-refractivity contribution is 1.30. The minimum atomic E-state index is 0.367. The third-order valence-corrected chi connectivity index (χ3v) is 2.33. The van der Waals surface area contributed by atoms with E-state index >= 15 is 0 Å². The van der Waals surface area contributed by atoms with E-state index in [0.29, 0.717) is 26.9 Å². The van der Waals surface area contributed by atoms with Gasteiger partial charge in [0.25, 0.3) is 0 Å². The fraction of sp³-hybridized carbons (Fsp3) is 0. The molecule has 3 nitrogen and oxygen atoms in total. The van der Waals surface area contributed by atoms with Crippen LogP contribution < -0.4 is 5.73 Å². The van der Waals surface area contributed by atoms with Crippen LogP contribution in [-0.4, -0.2) is 9.97 Å². The lowest BCUT2D eigenvalue weighted by Gasteiger charge is -1.99. The predicted molar refractivity (Wildman–Crippen MR) is 54.0 cm³/mol. The minimum Gasteiger partial charge on any atom is -0.382 e. The second kappa shape index (κ2) is 3.01. The van der Waals surface area contributed by atoms with Crippen molar-refractivity contribution in [2.45, 2.75) is 0 Å². The summed E-state index contributed by atoms with van der Waals surface area (Å²) in [6.07, 6.45) is 1.48. The quantitative estimate of drug-likeness (QED) is 0.732. The van der Waals surface area contributed by atoms with Gasteiger partial charge in [0.15, 0.2) is 0 Å². The summed E-state index contributed by atoms with van der Waals surface area (Å²) >= 11 is 11.6. The van der Waals surface area contributed by atoms with Gasteiger partial charge in [0, 0.05) is 0 Å². The molecule has 0 radical (unpaired) electrons. The van der Waals surface area contributed by atoms with Crippen LogP contribution in [0.1, 0.15) is 0 Å². The van der Waals surface area contributed by atoms with E-state index in [-0.39, 0.29) is 0 Å². The van der Waals surface area contributed by atoms with E-state index in [1.165, 1.54) is 6.20 Å². The van der Waals surface area contributed by atoms with Gasteiger partial charge in [0.2, 0.25) is 0 Å². The standard InChI is InChI=1S/C8H5Cl2N3/c9-4-1-6-7(2-5(4)10)13-8(11)3-12-6/h1-3H,(H2,11,13). The smallest absolute Gasteiger partial charge is 0.142 e. The molecule has 1 aromatic heterocycles. The fourth-order valence-electron chi connectivity index (χ4n) is 1.02. The Morgan fingerprint density at radius 1 is 1.08 bits per heavy atom. The minimum absolute atomic E-state index is 0.367. The average Bonchev–Trinajstić information content (AvgIpc) is 2.08. The van der Waals surface area contributed by atoms with Crippen LogP contribution in [0.25, 0.3) is 11.0 Å². The zero-order valence-corrected chi connectivity index (χ0v) is 7.97. The number of rotatable bonds is 0. The van der Waals surface area contributed by atoms with Crippen molar-refractivity contribution < 1.29 is 0 Å². The van der Waals surface area contributed by atoms with Gasteiger partial charge in [0.1, 0.15) is 5.82 Å². The van der Waals surface area contributed by atoms with E-state index in [1.54, 1.807) is 12.1 Å². The number of nitrogens with zero attached hydrogens (tertiary/aromatic N) is 2.